The van der Waals surface area contributed by atoms with Gasteiger partial charge >= 0.3 is 0 Å². The third kappa shape index (κ3) is 10.4. The summed E-state index contributed by atoms with van der Waals surface area (Å²) >= 11 is 0. The maximum absolute atomic E-state index is 5.48. The average molecular weight is 229 g/mol. The molecule has 3 radical (unpaired) electrons. The third-order valence-corrected chi connectivity index (χ3v) is 2.68. The summed E-state index contributed by atoms with van der Waals surface area (Å²) in [6.45, 7) is 5.52. The van der Waals surface area contributed by atoms with Crippen LogP contribution in [0.1, 0.15) is 52.4 Å². The molecule has 0 saturated carbocycles. The highest BCUT2D eigenvalue weighted by molar-refractivity contribution is 6.08. The number of unbranched alkanes of at least 4 members (excludes halogenated alkanes) is 4. The Morgan fingerprint density at radius 1 is 0.867 bits per heavy atom. The van der Waals surface area contributed by atoms with Crippen LogP contribution in [0.3, 0.4) is 0 Å². The fraction of sp³-hybridized carbons (Fsp3) is 1.00. The van der Waals surface area contributed by atoms with E-state index in [1.165, 1.54) is 32.1 Å². The topological polar surface area (TPSA) is 18.5 Å². The van der Waals surface area contributed by atoms with E-state index in [0.29, 0.717) is 0 Å². The van der Waals surface area contributed by atoms with Gasteiger partial charge in [-0.05, 0) is 26.7 Å². The number of rotatable bonds is 11. The Morgan fingerprint density at radius 3 is 1.93 bits per heavy atom. The molecule has 0 aromatic rings. The van der Waals surface area contributed by atoms with Crippen molar-refractivity contribution >= 4 is 10.2 Å². The van der Waals surface area contributed by atoms with Crippen LogP contribution in [-0.2, 0) is 9.47 Å². The summed E-state index contributed by atoms with van der Waals surface area (Å²) in [6.07, 6.45) is 7.52. The van der Waals surface area contributed by atoms with Gasteiger partial charge in [-0.3, -0.25) is 0 Å². The summed E-state index contributed by atoms with van der Waals surface area (Å²) in [6, 6.07) is 1.13. The molecule has 0 N–H and O–H groups in total. The van der Waals surface area contributed by atoms with Gasteiger partial charge in [0.15, 0.2) is 6.29 Å². The minimum absolute atomic E-state index is 0.0239. The minimum Gasteiger partial charge on any atom is -0.353 e. The van der Waals surface area contributed by atoms with E-state index < -0.39 is 0 Å². The molecule has 0 aliphatic rings. The largest absolute Gasteiger partial charge is 0.353 e. The first kappa shape index (κ1) is 15.1. The second kappa shape index (κ2) is 12.2. The Hall–Kier alpha value is 0.137. The third-order valence-electron chi connectivity index (χ3n) is 2.32. The van der Waals surface area contributed by atoms with E-state index in [0.717, 1.165) is 25.7 Å². The van der Waals surface area contributed by atoms with E-state index in [1.807, 2.05) is 13.8 Å². The Balaban J connectivity index is 3.28. The second-order valence-corrected chi connectivity index (χ2v) is 4.15. The minimum atomic E-state index is 0.0239. The fourth-order valence-electron chi connectivity index (χ4n) is 1.55. The van der Waals surface area contributed by atoms with Gasteiger partial charge in [-0.25, -0.2) is 0 Å². The maximum atomic E-state index is 5.48. The zero-order chi connectivity index (χ0) is 11.4. The molecule has 0 unspecified atom stereocenters. The molecular weight excluding hydrogens is 204 g/mol. The summed E-state index contributed by atoms with van der Waals surface area (Å²) in [4.78, 5) is 0. The molecule has 0 saturated heterocycles. The molecule has 0 spiro atoms. The first-order valence-electron chi connectivity index (χ1n) is 6.22. The van der Waals surface area contributed by atoms with Gasteiger partial charge in [0.1, 0.15) is 0 Å². The van der Waals surface area contributed by atoms with Crippen molar-refractivity contribution in [3.05, 3.63) is 0 Å². The molecule has 89 valence electrons. The van der Waals surface area contributed by atoms with Crippen LogP contribution >= 0.6 is 0 Å². The lowest BCUT2D eigenvalue weighted by molar-refractivity contribution is -0.140. The normalized spacial score (nSPS) is 11.2. The molecule has 0 heterocycles. The van der Waals surface area contributed by atoms with Crippen molar-refractivity contribution in [2.75, 3.05) is 13.2 Å². The van der Waals surface area contributed by atoms with E-state index in [9.17, 15) is 0 Å². The van der Waals surface area contributed by atoms with Crippen molar-refractivity contribution in [2.24, 2.45) is 0 Å². The highest BCUT2D eigenvalue weighted by Gasteiger charge is 2.06. The van der Waals surface area contributed by atoms with E-state index >= 15 is 0 Å². The first-order chi connectivity index (χ1) is 7.35. The molecule has 15 heavy (non-hydrogen) atoms. The zero-order valence-corrected chi connectivity index (χ0v) is 11.3. The van der Waals surface area contributed by atoms with Crippen LogP contribution in [0, 0.1) is 0 Å². The second-order valence-electron chi connectivity index (χ2n) is 3.65. The summed E-state index contributed by atoms with van der Waals surface area (Å²) in [5.74, 6) is 0. The first-order valence-corrected chi connectivity index (χ1v) is 6.93. The fourth-order valence-corrected chi connectivity index (χ4v) is 1.80. The summed E-state index contributed by atoms with van der Waals surface area (Å²) < 4.78 is 11.0. The Bertz CT molecular complexity index is 114. The molecule has 2 nitrogen and oxygen atoms in total. The molecule has 0 fully saturated rings. The van der Waals surface area contributed by atoms with Crippen LogP contribution in [0.25, 0.3) is 0 Å². The quantitative estimate of drug-likeness (QED) is 0.307. The highest BCUT2D eigenvalue weighted by atomic mass is 28.1. The van der Waals surface area contributed by atoms with Crippen LogP contribution in [0.2, 0.25) is 6.04 Å². The van der Waals surface area contributed by atoms with Gasteiger partial charge in [0.2, 0.25) is 0 Å². The highest BCUT2D eigenvalue weighted by Crippen LogP contribution is 2.11. The van der Waals surface area contributed by atoms with Gasteiger partial charge in [-0.2, -0.15) is 0 Å². The molecular formula is C12H25O2Si. The van der Waals surface area contributed by atoms with Gasteiger partial charge in [-0.15, -0.1) is 0 Å². The van der Waals surface area contributed by atoms with Crippen LogP contribution in [0.4, 0.5) is 0 Å². The van der Waals surface area contributed by atoms with Gasteiger partial charge in [-0.1, -0.05) is 31.7 Å². The predicted molar refractivity (Wildman–Crippen MR) is 65.3 cm³/mol. The zero-order valence-electron chi connectivity index (χ0n) is 10.3. The molecule has 0 atom stereocenters. The monoisotopic (exact) mass is 229 g/mol. The standard InChI is InChI=1S/C12H25O2Si/c1-3-13-12(14-4-2)10-8-6-5-7-9-11-15/h12H,3-11H2,1-2H3. The number of hydrogen-bond acceptors (Lipinski definition) is 2. The van der Waals surface area contributed by atoms with Crippen molar-refractivity contribution < 1.29 is 9.47 Å². The number of hydrogen-bond donors (Lipinski definition) is 0. The van der Waals surface area contributed by atoms with Crippen molar-refractivity contribution in [2.45, 2.75) is 64.7 Å². The predicted octanol–water partition coefficient (Wildman–Crippen LogP) is 3.31. The number of ether oxygens (including phenoxy) is 2. The van der Waals surface area contributed by atoms with Crippen molar-refractivity contribution in [1.29, 1.82) is 0 Å². The average Bonchev–Trinajstić information content (AvgIpc) is 2.24. The van der Waals surface area contributed by atoms with Crippen molar-refractivity contribution in [3.63, 3.8) is 0 Å². The van der Waals surface area contributed by atoms with Gasteiger partial charge in [0, 0.05) is 23.5 Å². The van der Waals surface area contributed by atoms with Gasteiger partial charge < -0.3 is 9.47 Å². The van der Waals surface area contributed by atoms with E-state index in [-0.39, 0.29) is 6.29 Å². The SMILES string of the molecule is CCOC(CCCCCCC[Si])OCC. The molecule has 0 amide bonds. The van der Waals surface area contributed by atoms with Gasteiger partial charge in [0.25, 0.3) is 0 Å². The summed E-state index contributed by atoms with van der Waals surface area (Å²) in [7, 11) is 3.49. The Morgan fingerprint density at radius 2 is 1.40 bits per heavy atom. The van der Waals surface area contributed by atoms with Crippen molar-refractivity contribution in [3.8, 4) is 0 Å². The summed E-state index contributed by atoms with van der Waals surface area (Å²) in [5.41, 5.74) is 0. The van der Waals surface area contributed by atoms with Crippen LogP contribution < -0.4 is 0 Å². The lowest BCUT2D eigenvalue weighted by Crippen LogP contribution is -2.17. The van der Waals surface area contributed by atoms with Crippen LogP contribution in [-0.4, -0.2) is 29.7 Å². The van der Waals surface area contributed by atoms with Crippen LogP contribution in [0.5, 0.6) is 0 Å². The molecule has 0 aliphatic heterocycles. The van der Waals surface area contributed by atoms with E-state index in [1.54, 1.807) is 0 Å². The molecule has 0 aromatic heterocycles. The van der Waals surface area contributed by atoms with Crippen LogP contribution in [0.15, 0.2) is 0 Å². The maximum Gasteiger partial charge on any atom is 0.157 e. The Labute approximate surface area is 98.2 Å². The van der Waals surface area contributed by atoms with Gasteiger partial charge in [0.05, 0.1) is 0 Å². The lowest BCUT2D eigenvalue weighted by atomic mass is 10.1. The molecule has 0 rings (SSSR count). The lowest BCUT2D eigenvalue weighted by Gasteiger charge is -2.16. The molecule has 0 aromatic carbocycles. The smallest absolute Gasteiger partial charge is 0.157 e. The Kier molecular flexibility index (Phi) is 12.3. The van der Waals surface area contributed by atoms with E-state index in [4.69, 9.17) is 9.47 Å². The summed E-state index contributed by atoms with van der Waals surface area (Å²) in [5, 5.41) is 0. The molecule has 0 bridgehead atoms. The van der Waals surface area contributed by atoms with E-state index in [2.05, 4.69) is 10.2 Å². The molecule has 0 aliphatic carbocycles. The van der Waals surface area contributed by atoms with Crippen molar-refractivity contribution in [1.82, 2.24) is 0 Å². The molecule has 3 heteroatoms.